The predicted octanol–water partition coefficient (Wildman–Crippen LogP) is 2.93. The van der Waals surface area contributed by atoms with E-state index in [-0.39, 0.29) is 0 Å². The van der Waals surface area contributed by atoms with E-state index in [1.807, 2.05) is 0 Å². The third-order valence-electron chi connectivity index (χ3n) is 2.30. The van der Waals surface area contributed by atoms with Crippen LogP contribution in [0.3, 0.4) is 0 Å². The van der Waals surface area contributed by atoms with Gasteiger partial charge in [-0.2, -0.15) is 4.37 Å². The maximum Gasteiger partial charge on any atom is 0.205 e. The Balaban J connectivity index is 2.72. The van der Waals surface area contributed by atoms with Crippen molar-refractivity contribution < 1.29 is 0 Å². The van der Waals surface area contributed by atoms with Gasteiger partial charge in [0.25, 0.3) is 0 Å². The molecule has 5 heteroatoms. The van der Waals surface area contributed by atoms with Gasteiger partial charge in [-0.05, 0) is 12.8 Å². The molecule has 1 aromatic heterocycles. The molecule has 0 atom stereocenters. The van der Waals surface area contributed by atoms with Crippen LogP contribution < -0.4 is 4.90 Å². The molecule has 0 aliphatic carbocycles. The normalized spacial score (nSPS) is 10.9. The highest BCUT2D eigenvalue weighted by Crippen LogP contribution is 2.20. The van der Waals surface area contributed by atoms with Crippen LogP contribution in [0.1, 0.15) is 26.7 Å². The number of anilines is 1. The Bertz CT molecular complexity index is 236. The average molecular weight is 278 g/mol. The minimum absolute atomic E-state index is 0.584. The SMILES string of the molecule is CCC(CC)N(CCBr)c1ncns1. The van der Waals surface area contributed by atoms with E-state index in [4.69, 9.17) is 0 Å². The molecule has 14 heavy (non-hydrogen) atoms. The van der Waals surface area contributed by atoms with Crippen molar-refractivity contribution in [2.75, 3.05) is 16.8 Å². The highest BCUT2D eigenvalue weighted by Gasteiger charge is 2.17. The lowest BCUT2D eigenvalue weighted by Crippen LogP contribution is -2.35. The first-order chi connectivity index (χ1) is 6.83. The van der Waals surface area contributed by atoms with Crippen LogP contribution in [-0.4, -0.2) is 27.3 Å². The summed E-state index contributed by atoms with van der Waals surface area (Å²) < 4.78 is 4.05. The van der Waals surface area contributed by atoms with Gasteiger partial charge < -0.3 is 4.90 Å². The van der Waals surface area contributed by atoms with Crippen LogP contribution in [0, 0.1) is 0 Å². The number of hydrogen-bond donors (Lipinski definition) is 0. The van der Waals surface area contributed by atoms with Gasteiger partial charge in [-0.1, -0.05) is 29.8 Å². The maximum atomic E-state index is 4.26. The van der Waals surface area contributed by atoms with Gasteiger partial charge in [0, 0.05) is 29.4 Å². The lowest BCUT2D eigenvalue weighted by atomic mass is 10.1. The molecule has 0 unspecified atom stereocenters. The van der Waals surface area contributed by atoms with Crippen molar-refractivity contribution in [1.82, 2.24) is 9.36 Å². The van der Waals surface area contributed by atoms with E-state index in [2.05, 4.69) is 44.0 Å². The van der Waals surface area contributed by atoms with Crippen molar-refractivity contribution in [2.24, 2.45) is 0 Å². The zero-order chi connectivity index (χ0) is 10.4. The Labute approximate surface area is 97.8 Å². The summed E-state index contributed by atoms with van der Waals surface area (Å²) in [5, 5.41) is 2.02. The van der Waals surface area contributed by atoms with Crippen molar-refractivity contribution in [3.63, 3.8) is 0 Å². The molecule has 0 bridgehead atoms. The standard InChI is InChI=1S/C9H16BrN3S/c1-3-8(4-2)13(6-5-10)9-11-7-12-14-9/h7-8H,3-6H2,1-2H3. The van der Waals surface area contributed by atoms with Crippen LogP contribution in [0.4, 0.5) is 5.13 Å². The van der Waals surface area contributed by atoms with Crippen LogP contribution in [0.5, 0.6) is 0 Å². The van der Waals surface area contributed by atoms with Gasteiger partial charge in [-0.15, -0.1) is 0 Å². The van der Waals surface area contributed by atoms with Crippen molar-refractivity contribution >= 4 is 32.6 Å². The zero-order valence-electron chi connectivity index (χ0n) is 8.61. The molecule has 1 heterocycles. The van der Waals surface area contributed by atoms with Crippen molar-refractivity contribution in [3.05, 3.63) is 6.33 Å². The third kappa shape index (κ3) is 2.92. The van der Waals surface area contributed by atoms with Gasteiger partial charge in [0.15, 0.2) is 0 Å². The highest BCUT2D eigenvalue weighted by atomic mass is 79.9. The summed E-state index contributed by atoms with van der Waals surface area (Å²) >= 11 is 4.95. The van der Waals surface area contributed by atoms with Gasteiger partial charge in [-0.3, -0.25) is 0 Å². The molecule has 80 valence electrons. The quantitative estimate of drug-likeness (QED) is 0.749. The van der Waals surface area contributed by atoms with E-state index in [1.54, 1.807) is 6.33 Å². The van der Waals surface area contributed by atoms with E-state index in [1.165, 1.54) is 11.5 Å². The molecule has 0 saturated heterocycles. The molecular formula is C9H16BrN3S. The number of hydrogen-bond acceptors (Lipinski definition) is 4. The summed E-state index contributed by atoms with van der Waals surface area (Å²) in [5.74, 6) is 0. The van der Waals surface area contributed by atoms with Gasteiger partial charge in [0.2, 0.25) is 5.13 Å². The average Bonchev–Trinajstić information content (AvgIpc) is 2.71. The lowest BCUT2D eigenvalue weighted by molar-refractivity contribution is 0.568. The fourth-order valence-corrected chi connectivity index (χ4v) is 2.56. The number of aromatic nitrogens is 2. The van der Waals surface area contributed by atoms with Crippen LogP contribution in [0.25, 0.3) is 0 Å². The topological polar surface area (TPSA) is 29.0 Å². The molecule has 0 aliphatic rings. The van der Waals surface area contributed by atoms with E-state index < -0.39 is 0 Å². The van der Waals surface area contributed by atoms with Gasteiger partial charge in [-0.25, -0.2) is 4.98 Å². The predicted molar refractivity (Wildman–Crippen MR) is 65.4 cm³/mol. The minimum atomic E-state index is 0.584. The molecular weight excluding hydrogens is 262 g/mol. The van der Waals surface area contributed by atoms with E-state index in [9.17, 15) is 0 Å². The van der Waals surface area contributed by atoms with Crippen molar-refractivity contribution in [1.29, 1.82) is 0 Å². The van der Waals surface area contributed by atoms with Crippen LogP contribution in [0.2, 0.25) is 0 Å². The molecule has 0 saturated carbocycles. The minimum Gasteiger partial charge on any atom is -0.343 e. The largest absolute Gasteiger partial charge is 0.343 e. The molecule has 0 aromatic carbocycles. The monoisotopic (exact) mass is 277 g/mol. The third-order valence-corrected chi connectivity index (χ3v) is 3.36. The second kappa shape index (κ2) is 6.35. The summed E-state index contributed by atoms with van der Waals surface area (Å²) in [6.45, 7) is 5.44. The Morgan fingerprint density at radius 3 is 2.64 bits per heavy atom. The van der Waals surface area contributed by atoms with Gasteiger partial charge in [0.1, 0.15) is 6.33 Å². The van der Waals surface area contributed by atoms with Crippen molar-refractivity contribution in [2.45, 2.75) is 32.7 Å². The second-order valence-electron chi connectivity index (χ2n) is 3.08. The van der Waals surface area contributed by atoms with Crippen molar-refractivity contribution in [3.8, 4) is 0 Å². The maximum absolute atomic E-state index is 4.26. The molecule has 0 amide bonds. The Morgan fingerprint density at radius 1 is 1.50 bits per heavy atom. The molecule has 0 N–H and O–H groups in total. The molecule has 0 fully saturated rings. The Kier molecular flexibility index (Phi) is 5.40. The first kappa shape index (κ1) is 11.9. The first-order valence-corrected chi connectivity index (χ1v) is 6.82. The zero-order valence-corrected chi connectivity index (χ0v) is 11.0. The summed E-state index contributed by atoms with van der Waals surface area (Å²) in [4.78, 5) is 6.60. The highest BCUT2D eigenvalue weighted by molar-refractivity contribution is 9.09. The number of halogens is 1. The molecule has 1 rings (SSSR count). The lowest BCUT2D eigenvalue weighted by Gasteiger charge is -2.29. The number of alkyl halides is 1. The van der Waals surface area contributed by atoms with E-state index >= 15 is 0 Å². The number of nitrogens with zero attached hydrogens (tertiary/aromatic N) is 3. The second-order valence-corrected chi connectivity index (χ2v) is 4.63. The molecule has 0 spiro atoms. The number of rotatable bonds is 6. The first-order valence-electron chi connectivity index (χ1n) is 4.92. The summed E-state index contributed by atoms with van der Waals surface area (Å²) in [7, 11) is 0. The van der Waals surface area contributed by atoms with Gasteiger partial charge >= 0.3 is 0 Å². The van der Waals surface area contributed by atoms with Crippen LogP contribution in [-0.2, 0) is 0 Å². The summed E-state index contributed by atoms with van der Waals surface area (Å²) in [6.07, 6.45) is 3.94. The van der Waals surface area contributed by atoms with Crippen LogP contribution in [0.15, 0.2) is 6.33 Å². The van der Waals surface area contributed by atoms with E-state index in [0.29, 0.717) is 6.04 Å². The van der Waals surface area contributed by atoms with E-state index in [0.717, 1.165) is 29.8 Å². The molecule has 0 aliphatic heterocycles. The fourth-order valence-electron chi connectivity index (χ4n) is 1.55. The summed E-state index contributed by atoms with van der Waals surface area (Å²) in [6, 6.07) is 0.584. The smallest absolute Gasteiger partial charge is 0.205 e. The fraction of sp³-hybridized carbons (Fsp3) is 0.778. The molecule has 1 aromatic rings. The van der Waals surface area contributed by atoms with Gasteiger partial charge in [0.05, 0.1) is 0 Å². The Hall–Kier alpha value is -0.160. The molecule has 3 nitrogen and oxygen atoms in total. The summed E-state index contributed by atoms with van der Waals surface area (Å²) in [5.41, 5.74) is 0. The van der Waals surface area contributed by atoms with Crippen LogP contribution >= 0.6 is 27.5 Å². The molecule has 0 radical (unpaired) electrons. The Morgan fingerprint density at radius 2 is 2.21 bits per heavy atom.